The fraction of sp³-hybridized carbons (Fsp3) is 0.167. The number of benzene rings is 2. The van der Waals surface area contributed by atoms with E-state index in [0.717, 1.165) is 5.69 Å². The Morgan fingerprint density at radius 3 is 2.72 bits per heavy atom. The molecule has 1 aromatic heterocycles. The molecule has 0 saturated carbocycles. The number of carbonyl (C=O) groups is 1. The van der Waals surface area contributed by atoms with Crippen LogP contribution in [0.25, 0.3) is 5.69 Å². The van der Waals surface area contributed by atoms with Gasteiger partial charge >= 0.3 is 0 Å². The van der Waals surface area contributed by atoms with Gasteiger partial charge in [-0.2, -0.15) is 0 Å². The Hall–Kier alpha value is -2.80. The fourth-order valence-corrected chi connectivity index (χ4v) is 3.00. The number of rotatable bonds is 6. The van der Waals surface area contributed by atoms with Crippen molar-refractivity contribution in [3.05, 3.63) is 60.4 Å². The van der Waals surface area contributed by atoms with Crippen LogP contribution in [0, 0.1) is 6.92 Å². The number of ether oxygens (including phenoxy) is 1. The number of para-hydroxylation sites is 2. The lowest BCUT2D eigenvalue weighted by Crippen LogP contribution is -2.15. The highest BCUT2D eigenvalue weighted by Crippen LogP contribution is 2.24. The van der Waals surface area contributed by atoms with Gasteiger partial charge in [-0.05, 0) is 31.2 Å². The Morgan fingerprint density at radius 2 is 1.96 bits per heavy atom. The molecule has 0 spiro atoms. The minimum absolute atomic E-state index is 0.132. The van der Waals surface area contributed by atoms with Gasteiger partial charge in [-0.1, -0.05) is 41.6 Å². The van der Waals surface area contributed by atoms with Crippen LogP contribution in [0.5, 0.6) is 5.75 Å². The topological polar surface area (TPSA) is 69.0 Å². The molecule has 7 heteroatoms. The predicted molar refractivity (Wildman–Crippen MR) is 98.4 cm³/mol. The van der Waals surface area contributed by atoms with Crippen molar-refractivity contribution in [1.82, 2.24) is 14.8 Å². The summed E-state index contributed by atoms with van der Waals surface area (Å²) < 4.78 is 7.10. The maximum atomic E-state index is 12.2. The molecule has 0 aliphatic rings. The van der Waals surface area contributed by atoms with Gasteiger partial charge in [-0.15, -0.1) is 10.2 Å². The van der Waals surface area contributed by atoms with Crippen molar-refractivity contribution < 1.29 is 9.53 Å². The number of aryl methyl sites for hydroxylation is 1. The molecule has 6 nitrogen and oxygen atoms in total. The SMILES string of the molecule is COc1ccccc1NC(=O)CSc1nncn1-c1ccc(C)cc1. The average molecular weight is 354 g/mol. The molecule has 3 rings (SSSR count). The van der Waals surface area contributed by atoms with E-state index in [1.165, 1.54) is 17.3 Å². The molecule has 0 atom stereocenters. The van der Waals surface area contributed by atoms with E-state index < -0.39 is 0 Å². The van der Waals surface area contributed by atoms with E-state index in [0.29, 0.717) is 16.6 Å². The average Bonchev–Trinajstić information content (AvgIpc) is 3.09. The van der Waals surface area contributed by atoms with E-state index in [1.54, 1.807) is 25.6 Å². The second kappa shape index (κ2) is 7.85. The first-order valence-corrected chi connectivity index (χ1v) is 8.68. The van der Waals surface area contributed by atoms with Gasteiger partial charge in [0.2, 0.25) is 5.91 Å². The minimum atomic E-state index is -0.132. The summed E-state index contributed by atoms with van der Waals surface area (Å²) in [5.74, 6) is 0.722. The van der Waals surface area contributed by atoms with Crippen LogP contribution in [0.1, 0.15) is 5.56 Å². The zero-order valence-corrected chi connectivity index (χ0v) is 14.8. The zero-order chi connectivity index (χ0) is 17.6. The molecule has 3 aromatic rings. The first-order chi connectivity index (χ1) is 12.2. The number of methoxy groups -OCH3 is 1. The maximum Gasteiger partial charge on any atom is 0.234 e. The van der Waals surface area contributed by atoms with Crippen LogP contribution in [0.3, 0.4) is 0 Å². The summed E-state index contributed by atoms with van der Waals surface area (Å²) in [7, 11) is 1.57. The van der Waals surface area contributed by atoms with Gasteiger partial charge in [0.1, 0.15) is 12.1 Å². The van der Waals surface area contributed by atoms with Crippen LogP contribution in [-0.4, -0.2) is 33.5 Å². The molecular formula is C18H18N4O2S. The van der Waals surface area contributed by atoms with Crippen molar-refractivity contribution >= 4 is 23.4 Å². The number of carbonyl (C=O) groups excluding carboxylic acids is 1. The van der Waals surface area contributed by atoms with E-state index in [2.05, 4.69) is 15.5 Å². The molecule has 0 bridgehead atoms. The molecule has 0 unspecified atom stereocenters. The van der Waals surface area contributed by atoms with Crippen molar-refractivity contribution in [3.63, 3.8) is 0 Å². The van der Waals surface area contributed by atoms with E-state index in [4.69, 9.17) is 4.74 Å². The number of nitrogens with zero attached hydrogens (tertiary/aromatic N) is 3. The number of thioether (sulfide) groups is 1. The number of hydrogen-bond acceptors (Lipinski definition) is 5. The molecule has 1 amide bonds. The van der Waals surface area contributed by atoms with Crippen LogP contribution >= 0.6 is 11.8 Å². The number of aromatic nitrogens is 3. The van der Waals surface area contributed by atoms with Gasteiger partial charge in [0, 0.05) is 5.69 Å². The maximum absolute atomic E-state index is 12.2. The van der Waals surface area contributed by atoms with Crippen molar-refractivity contribution in [2.24, 2.45) is 0 Å². The minimum Gasteiger partial charge on any atom is -0.495 e. The largest absolute Gasteiger partial charge is 0.495 e. The molecule has 1 heterocycles. The Morgan fingerprint density at radius 1 is 1.20 bits per heavy atom. The third-order valence-electron chi connectivity index (χ3n) is 3.54. The highest BCUT2D eigenvalue weighted by Gasteiger charge is 2.11. The highest BCUT2D eigenvalue weighted by atomic mass is 32.2. The molecule has 1 N–H and O–H groups in total. The van der Waals surface area contributed by atoms with Crippen LogP contribution in [0.4, 0.5) is 5.69 Å². The van der Waals surface area contributed by atoms with Crippen molar-refractivity contribution in [2.45, 2.75) is 12.1 Å². The Kier molecular flexibility index (Phi) is 5.35. The van der Waals surface area contributed by atoms with Crippen molar-refractivity contribution in [3.8, 4) is 11.4 Å². The number of hydrogen-bond donors (Lipinski definition) is 1. The predicted octanol–water partition coefficient (Wildman–Crippen LogP) is 3.32. The lowest BCUT2D eigenvalue weighted by molar-refractivity contribution is -0.113. The van der Waals surface area contributed by atoms with Crippen molar-refractivity contribution in [1.29, 1.82) is 0 Å². The van der Waals surface area contributed by atoms with E-state index >= 15 is 0 Å². The fourth-order valence-electron chi connectivity index (χ4n) is 2.27. The van der Waals surface area contributed by atoms with E-state index in [1.807, 2.05) is 47.9 Å². The molecule has 0 saturated heterocycles. The summed E-state index contributed by atoms with van der Waals surface area (Å²) in [5, 5.41) is 11.6. The smallest absolute Gasteiger partial charge is 0.234 e. The van der Waals surface area contributed by atoms with E-state index in [9.17, 15) is 4.79 Å². The standard InChI is InChI=1S/C18H18N4O2S/c1-13-7-9-14(10-8-13)22-12-19-21-18(22)25-11-17(23)20-15-5-3-4-6-16(15)24-2/h3-10,12H,11H2,1-2H3,(H,20,23). The van der Waals surface area contributed by atoms with Gasteiger partial charge in [0.25, 0.3) is 0 Å². The summed E-state index contributed by atoms with van der Waals surface area (Å²) in [5.41, 5.74) is 2.79. The quantitative estimate of drug-likeness (QED) is 0.688. The normalized spacial score (nSPS) is 10.5. The van der Waals surface area contributed by atoms with Gasteiger partial charge in [0.15, 0.2) is 5.16 Å². The number of anilines is 1. The zero-order valence-electron chi connectivity index (χ0n) is 14.0. The van der Waals surface area contributed by atoms with E-state index in [-0.39, 0.29) is 11.7 Å². The lowest BCUT2D eigenvalue weighted by atomic mass is 10.2. The molecule has 2 aromatic carbocycles. The molecule has 0 fully saturated rings. The summed E-state index contributed by atoms with van der Waals surface area (Å²) in [4.78, 5) is 12.2. The summed E-state index contributed by atoms with van der Waals surface area (Å²) >= 11 is 1.33. The Bertz CT molecular complexity index is 862. The van der Waals surface area contributed by atoms with Crippen LogP contribution < -0.4 is 10.1 Å². The molecule has 0 radical (unpaired) electrons. The van der Waals surface area contributed by atoms with Gasteiger partial charge in [-0.25, -0.2) is 0 Å². The Balaban J connectivity index is 1.65. The monoisotopic (exact) mass is 354 g/mol. The second-order valence-corrected chi connectivity index (χ2v) is 6.30. The molecule has 0 aliphatic heterocycles. The molecule has 25 heavy (non-hydrogen) atoms. The lowest BCUT2D eigenvalue weighted by Gasteiger charge is -2.10. The Labute approximate surface area is 150 Å². The van der Waals surface area contributed by atoms with Crippen LogP contribution in [0.15, 0.2) is 60.0 Å². The van der Waals surface area contributed by atoms with Crippen LogP contribution in [0.2, 0.25) is 0 Å². The second-order valence-electron chi connectivity index (χ2n) is 5.36. The van der Waals surface area contributed by atoms with Crippen molar-refractivity contribution in [2.75, 3.05) is 18.2 Å². The van der Waals surface area contributed by atoms with Gasteiger partial charge < -0.3 is 10.1 Å². The number of nitrogens with one attached hydrogen (secondary N) is 1. The summed E-state index contributed by atoms with van der Waals surface area (Å²) in [6, 6.07) is 15.4. The molecule has 0 aliphatic carbocycles. The van der Waals surface area contributed by atoms with Gasteiger partial charge in [-0.3, -0.25) is 9.36 Å². The first-order valence-electron chi connectivity index (χ1n) is 7.70. The van der Waals surface area contributed by atoms with Gasteiger partial charge in [0.05, 0.1) is 18.6 Å². The molecular weight excluding hydrogens is 336 g/mol. The highest BCUT2D eigenvalue weighted by molar-refractivity contribution is 7.99. The third kappa shape index (κ3) is 4.19. The molecule has 128 valence electrons. The number of amides is 1. The van der Waals surface area contributed by atoms with Crippen LogP contribution in [-0.2, 0) is 4.79 Å². The first kappa shape index (κ1) is 17.0. The summed E-state index contributed by atoms with van der Waals surface area (Å²) in [6.45, 7) is 2.04. The summed E-state index contributed by atoms with van der Waals surface area (Å²) in [6.07, 6.45) is 1.64. The third-order valence-corrected chi connectivity index (χ3v) is 4.49.